The van der Waals surface area contributed by atoms with Gasteiger partial charge in [-0.2, -0.15) is 22.0 Å². The Morgan fingerprint density at radius 1 is 0.696 bits per heavy atom. The molecule has 0 bridgehead atoms. The molecule has 0 heterocycles. The Morgan fingerprint density at radius 2 is 1.20 bits per heavy atom. The van der Waals surface area contributed by atoms with E-state index in [1.54, 1.807) is 0 Å². The predicted molar refractivity (Wildman–Crippen MR) is 166 cm³/mol. The van der Waals surface area contributed by atoms with E-state index < -0.39 is 35.8 Å². The van der Waals surface area contributed by atoms with Crippen LogP contribution in [-0.2, 0) is 28.5 Å². The van der Waals surface area contributed by atoms with Gasteiger partial charge in [0.2, 0.25) is 0 Å². The van der Waals surface area contributed by atoms with Crippen LogP contribution in [0.5, 0.6) is 11.5 Å². The highest BCUT2D eigenvalue weighted by atomic mass is 19.4. The van der Waals surface area contributed by atoms with Crippen molar-refractivity contribution in [2.75, 3.05) is 24.7 Å². The Kier molecular flexibility index (Phi) is 10.6. The molecular formula is C35H33F5N2O4. The third-order valence-electron chi connectivity index (χ3n) is 6.92. The quantitative estimate of drug-likeness (QED) is 0.0666. The van der Waals surface area contributed by atoms with Crippen LogP contribution in [0.15, 0.2) is 103 Å². The second kappa shape index (κ2) is 14.4. The zero-order chi connectivity index (χ0) is 33.4. The highest BCUT2D eigenvalue weighted by Crippen LogP contribution is 2.33. The summed E-state index contributed by atoms with van der Waals surface area (Å²) in [5.41, 5.74) is 14.6. The molecule has 0 aliphatic heterocycles. The molecule has 0 aromatic heterocycles. The molecule has 4 aromatic rings. The van der Waals surface area contributed by atoms with Crippen molar-refractivity contribution in [3.8, 4) is 11.5 Å². The minimum absolute atomic E-state index is 0.127. The lowest BCUT2D eigenvalue weighted by Crippen LogP contribution is -2.30. The number of benzene rings is 4. The van der Waals surface area contributed by atoms with Gasteiger partial charge in [-0.05, 0) is 96.3 Å². The summed E-state index contributed by atoms with van der Waals surface area (Å²) in [6.45, 7) is 0.621. The topological polar surface area (TPSA) is 96.8 Å². The maximum Gasteiger partial charge on any atom is 0.426 e. The molecule has 0 fully saturated rings. The first kappa shape index (κ1) is 33.8. The Labute approximate surface area is 263 Å². The number of esters is 1. The highest BCUT2D eigenvalue weighted by Gasteiger charge is 2.35. The molecule has 4 aromatic carbocycles. The molecule has 0 atom stereocenters. The number of carbonyl (C=O) groups excluding carboxylic acids is 1. The fourth-order valence-electron chi connectivity index (χ4n) is 4.64. The molecule has 0 spiro atoms. The van der Waals surface area contributed by atoms with Gasteiger partial charge in [-0.25, -0.2) is 4.79 Å². The van der Waals surface area contributed by atoms with E-state index in [1.807, 2.05) is 55.5 Å². The van der Waals surface area contributed by atoms with Crippen LogP contribution < -0.4 is 20.9 Å². The van der Waals surface area contributed by atoms with E-state index in [4.69, 9.17) is 20.9 Å². The molecule has 0 saturated heterocycles. The normalized spacial score (nSPS) is 12.2. The van der Waals surface area contributed by atoms with E-state index in [1.165, 1.54) is 36.4 Å². The summed E-state index contributed by atoms with van der Waals surface area (Å²) in [5, 5.41) is 0. The van der Waals surface area contributed by atoms with Gasteiger partial charge < -0.3 is 25.7 Å². The number of ether oxygens (including phenoxy) is 3. The summed E-state index contributed by atoms with van der Waals surface area (Å²) in [6, 6.07) is 24.5. The average molecular weight is 641 g/mol. The molecule has 0 radical (unpaired) electrons. The number of nitrogen functional groups attached to an aromatic ring is 2. The standard InChI is InChI=1S/C35H33F5N2O4/c1-33(20-25-2-11-28(41)12-3-25,21-26-4-13-29(42)14-5-26)22-45-32(43)19-8-24-6-15-31(16-7-24)46-35(39,40)27-9-17-30(18-10-27)44-23-34(36,37)38/h2-19H,20-23,41-42H2,1H3/b19-8+. The minimum Gasteiger partial charge on any atom is -0.484 e. The van der Waals surface area contributed by atoms with Gasteiger partial charge in [0.1, 0.15) is 11.5 Å². The maximum atomic E-state index is 14.7. The first-order valence-electron chi connectivity index (χ1n) is 14.2. The lowest BCUT2D eigenvalue weighted by Gasteiger charge is -2.29. The zero-order valence-corrected chi connectivity index (χ0v) is 24.9. The molecule has 46 heavy (non-hydrogen) atoms. The van der Waals surface area contributed by atoms with Crippen molar-refractivity contribution in [1.82, 2.24) is 0 Å². The fourth-order valence-corrected chi connectivity index (χ4v) is 4.64. The van der Waals surface area contributed by atoms with Crippen LogP contribution in [0.1, 0.15) is 29.2 Å². The summed E-state index contributed by atoms with van der Waals surface area (Å²) in [5.74, 6) is -0.946. The van der Waals surface area contributed by atoms with E-state index in [9.17, 15) is 26.7 Å². The molecule has 0 unspecified atom stereocenters. The maximum absolute atomic E-state index is 14.7. The van der Waals surface area contributed by atoms with Crippen molar-refractivity contribution in [3.05, 3.63) is 125 Å². The third kappa shape index (κ3) is 10.5. The van der Waals surface area contributed by atoms with Crippen molar-refractivity contribution in [2.24, 2.45) is 5.41 Å². The molecule has 0 amide bonds. The summed E-state index contributed by atoms with van der Waals surface area (Å²) in [6.07, 6.45) is -4.34. The Bertz CT molecular complexity index is 1560. The number of rotatable bonds is 13. The van der Waals surface area contributed by atoms with Crippen LogP contribution >= 0.6 is 0 Å². The van der Waals surface area contributed by atoms with Gasteiger partial charge in [0.25, 0.3) is 0 Å². The second-order valence-corrected chi connectivity index (χ2v) is 11.2. The monoisotopic (exact) mass is 640 g/mol. The number of nitrogens with two attached hydrogens (primary N) is 2. The van der Waals surface area contributed by atoms with Gasteiger partial charge in [-0.15, -0.1) is 0 Å². The third-order valence-corrected chi connectivity index (χ3v) is 6.92. The number of hydrogen-bond donors (Lipinski definition) is 2. The van der Waals surface area contributed by atoms with Gasteiger partial charge in [-0.1, -0.05) is 43.3 Å². The van der Waals surface area contributed by atoms with E-state index in [0.717, 1.165) is 35.4 Å². The number of anilines is 2. The smallest absolute Gasteiger partial charge is 0.426 e. The zero-order valence-electron chi connectivity index (χ0n) is 24.9. The van der Waals surface area contributed by atoms with Gasteiger partial charge in [0.05, 0.1) is 12.2 Å². The summed E-state index contributed by atoms with van der Waals surface area (Å²) < 4.78 is 81.2. The van der Waals surface area contributed by atoms with Crippen molar-refractivity contribution in [3.63, 3.8) is 0 Å². The van der Waals surface area contributed by atoms with Crippen LogP contribution in [0, 0.1) is 5.41 Å². The van der Waals surface area contributed by atoms with Crippen LogP contribution in [-0.4, -0.2) is 25.4 Å². The molecule has 6 nitrogen and oxygen atoms in total. The van der Waals surface area contributed by atoms with E-state index in [0.29, 0.717) is 29.8 Å². The lowest BCUT2D eigenvalue weighted by atomic mass is 9.79. The van der Waals surface area contributed by atoms with E-state index in [2.05, 4.69) is 4.74 Å². The van der Waals surface area contributed by atoms with Crippen LogP contribution in [0.2, 0.25) is 0 Å². The predicted octanol–water partition coefficient (Wildman–Crippen LogP) is 7.97. The molecule has 0 aliphatic carbocycles. The SMILES string of the molecule is CC(COC(=O)/C=C/c1ccc(OC(F)(F)c2ccc(OCC(F)(F)F)cc2)cc1)(Cc1ccc(N)cc1)Cc1ccc(N)cc1. The van der Waals surface area contributed by atoms with E-state index >= 15 is 0 Å². The first-order valence-corrected chi connectivity index (χ1v) is 14.2. The van der Waals surface area contributed by atoms with Crippen molar-refractivity contribution >= 4 is 23.4 Å². The summed E-state index contributed by atoms with van der Waals surface area (Å²) >= 11 is 0. The largest absolute Gasteiger partial charge is 0.484 e. The van der Waals surface area contributed by atoms with Gasteiger partial charge in [0.15, 0.2) is 6.61 Å². The molecule has 0 saturated carbocycles. The van der Waals surface area contributed by atoms with Crippen molar-refractivity contribution in [1.29, 1.82) is 0 Å². The fraction of sp³-hybridized carbons (Fsp3) is 0.229. The molecule has 4 rings (SSSR count). The van der Waals surface area contributed by atoms with Gasteiger partial charge >= 0.3 is 18.3 Å². The minimum atomic E-state index is -4.55. The van der Waals surface area contributed by atoms with Gasteiger partial charge in [0, 0.05) is 22.9 Å². The first-order chi connectivity index (χ1) is 21.7. The molecule has 0 aliphatic rings. The summed E-state index contributed by atoms with van der Waals surface area (Å²) in [7, 11) is 0. The van der Waals surface area contributed by atoms with Crippen molar-refractivity contribution in [2.45, 2.75) is 32.1 Å². The Hall–Kier alpha value is -5.06. The molecule has 242 valence electrons. The average Bonchev–Trinajstić information content (AvgIpc) is 3.01. The molecule has 11 heteroatoms. The summed E-state index contributed by atoms with van der Waals surface area (Å²) in [4.78, 5) is 12.7. The Morgan fingerprint density at radius 3 is 1.70 bits per heavy atom. The number of halogens is 5. The number of hydrogen-bond acceptors (Lipinski definition) is 6. The highest BCUT2D eigenvalue weighted by molar-refractivity contribution is 5.87. The van der Waals surface area contributed by atoms with Crippen LogP contribution in [0.25, 0.3) is 6.08 Å². The lowest BCUT2D eigenvalue weighted by molar-refractivity contribution is -0.185. The van der Waals surface area contributed by atoms with Crippen LogP contribution in [0.4, 0.5) is 33.3 Å². The van der Waals surface area contributed by atoms with Crippen molar-refractivity contribution < 1.29 is 41.0 Å². The Balaban J connectivity index is 1.34. The van der Waals surface area contributed by atoms with Gasteiger partial charge in [-0.3, -0.25) is 0 Å². The van der Waals surface area contributed by atoms with E-state index in [-0.39, 0.29) is 18.1 Å². The second-order valence-electron chi connectivity index (χ2n) is 11.2. The van der Waals surface area contributed by atoms with Crippen LogP contribution in [0.3, 0.4) is 0 Å². The number of carbonyl (C=O) groups is 1. The molecule has 4 N–H and O–H groups in total. The molecular weight excluding hydrogens is 607 g/mol. The number of alkyl halides is 5.